The molecule has 0 N–H and O–H groups in total. The minimum Gasteiger partial charge on any atom is -0.0763 e. The lowest BCUT2D eigenvalue weighted by Crippen LogP contribution is -2.34. The van der Waals surface area contributed by atoms with Crippen LogP contribution in [0.4, 0.5) is 0 Å². The van der Waals surface area contributed by atoms with Crippen LogP contribution in [0.2, 0.25) is 0 Å². The summed E-state index contributed by atoms with van der Waals surface area (Å²) in [6.45, 7) is 9.74. The molecule has 0 radical (unpaired) electrons. The van der Waals surface area contributed by atoms with Gasteiger partial charge < -0.3 is 0 Å². The van der Waals surface area contributed by atoms with Gasteiger partial charge in [-0.25, -0.2) is 0 Å². The van der Waals surface area contributed by atoms with Crippen molar-refractivity contribution in [2.45, 2.75) is 77.0 Å². The minimum absolute atomic E-state index is 0.292. The van der Waals surface area contributed by atoms with Gasteiger partial charge in [0.15, 0.2) is 0 Å². The molecule has 2 aromatic rings. The average Bonchev–Trinajstić information content (AvgIpc) is 3.27. The maximum atomic E-state index is 2.57. The molecule has 0 bridgehead atoms. The van der Waals surface area contributed by atoms with Crippen molar-refractivity contribution >= 4 is 11.1 Å². The van der Waals surface area contributed by atoms with E-state index in [0.29, 0.717) is 10.8 Å². The van der Waals surface area contributed by atoms with Crippen LogP contribution in [0.5, 0.6) is 0 Å². The Morgan fingerprint density at radius 2 is 1.25 bits per heavy atom. The number of hydrogen-bond acceptors (Lipinski definition) is 0. The second-order valence-corrected chi connectivity index (χ2v) is 10.3. The van der Waals surface area contributed by atoms with E-state index < -0.39 is 0 Å². The van der Waals surface area contributed by atoms with Gasteiger partial charge in [-0.15, -0.1) is 0 Å². The van der Waals surface area contributed by atoms with Crippen LogP contribution in [0.1, 0.15) is 86.8 Å². The van der Waals surface area contributed by atoms with Crippen LogP contribution in [-0.4, -0.2) is 0 Å². The molecule has 5 rings (SSSR count). The summed E-state index contributed by atoms with van der Waals surface area (Å²) in [6.07, 6.45) is 12.1. The first-order valence-corrected chi connectivity index (χ1v) is 11.0. The molecular formula is C28H32. The molecule has 0 atom stereocenters. The fraction of sp³-hybridized carbons (Fsp3) is 0.429. The van der Waals surface area contributed by atoms with Crippen LogP contribution in [0.15, 0.2) is 48.6 Å². The van der Waals surface area contributed by atoms with Crippen LogP contribution < -0.4 is 0 Å². The molecule has 0 unspecified atom stereocenters. The Morgan fingerprint density at radius 3 is 1.96 bits per heavy atom. The van der Waals surface area contributed by atoms with E-state index in [2.05, 4.69) is 76.2 Å². The predicted molar refractivity (Wildman–Crippen MR) is 121 cm³/mol. The zero-order chi connectivity index (χ0) is 19.5. The first-order valence-electron chi connectivity index (χ1n) is 11.0. The third kappa shape index (κ3) is 2.81. The molecule has 2 aromatic carbocycles. The van der Waals surface area contributed by atoms with Crippen molar-refractivity contribution < 1.29 is 0 Å². The molecule has 0 fully saturated rings. The number of allylic oxidation sites excluding steroid dienone is 4. The van der Waals surface area contributed by atoms with Gasteiger partial charge in [-0.3, -0.25) is 0 Å². The van der Waals surface area contributed by atoms with Gasteiger partial charge >= 0.3 is 0 Å². The van der Waals surface area contributed by atoms with Crippen molar-refractivity contribution in [3.63, 3.8) is 0 Å². The summed E-state index contributed by atoms with van der Waals surface area (Å²) < 4.78 is 0. The van der Waals surface area contributed by atoms with E-state index in [9.17, 15) is 0 Å². The summed E-state index contributed by atoms with van der Waals surface area (Å²) in [5.74, 6) is 0. The summed E-state index contributed by atoms with van der Waals surface area (Å²) in [6, 6.07) is 14.0. The van der Waals surface area contributed by atoms with Gasteiger partial charge in [0.05, 0.1) is 0 Å². The summed E-state index contributed by atoms with van der Waals surface area (Å²) in [5.41, 5.74) is 13.0. The van der Waals surface area contributed by atoms with Gasteiger partial charge in [-0.05, 0) is 93.9 Å². The fourth-order valence-electron chi connectivity index (χ4n) is 5.57. The molecule has 0 heteroatoms. The largest absolute Gasteiger partial charge is 0.0763 e. The second-order valence-electron chi connectivity index (χ2n) is 10.3. The molecule has 28 heavy (non-hydrogen) atoms. The second kappa shape index (κ2) is 6.21. The standard InChI is InChI=1S/C28H32/c1-27(2)15-16-28(3,4)26-18-24-21(13-14-22(24)17-25(26)27)12-11-20-10-9-19-7-5-6-8-23(19)20/h5-8,10,13,17-18H,9,11-12,14-16H2,1-4H3. The van der Waals surface area contributed by atoms with Crippen molar-refractivity contribution in [2.75, 3.05) is 0 Å². The lowest BCUT2D eigenvalue weighted by atomic mass is 9.62. The lowest BCUT2D eigenvalue weighted by Gasteiger charge is -2.42. The van der Waals surface area contributed by atoms with E-state index >= 15 is 0 Å². The molecule has 0 saturated carbocycles. The highest BCUT2D eigenvalue weighted by Gasteiger charge is 2.38. The molecule has 0 spiro atoms. The Kier molecular flexibility index (Phi) is 3.99. The van der Waals surface area contributed by atoms with Crippen molar-refractivity contribution in [3.8, 4) is 0 Å². The summed E-state index contributed by atoms with van der Waals surface area (Å²) in [5, 5.41) is 0. The predicted octanol–water partition coefficient (Wildman–Crippen LogP) is 7.40. The van der Waals surface area contributed by atoms with Gasteiger partial charge in [0, 0.05) is 0 Å². The maximum Gasteiger partial charge on any atom is -0.00853 e. The molecule has 0 heterocycles. The molecule has 144 valence electrons. The SMILES string of the molecule is CC1(C)CCC(C)(C)c2cc3c(cc21)CC=C3CCC1=CCc2ccccc21. The van der Waals surface area contributed by atoms with Crippen LogP contribution in [0, 0.1) is 0 Å². The molecule has 0 aromatic heterocycles. The Hall–Kier alpha value is -2.08. The van der Waals surface area contributed by atoms with Crippen molar-refractivity contribution in [1.29, 1.82) is 0 Å². The lowest BCUT2D eigenvalue weighted by molar-refractivity contribution is 0.331. The number of benzene rings is 2. The van der Waals surface area contributed by atoms with Crippen molar-refractivity contribution in [3.05, 3.63) is 81.9 Å². The molecule has 3 aliphatic rings. The summed E-state index contributed by atoms with van der Waals surface area (Å²) in [4.78, 5) is 0. The monoisotopic (exact) mass is 368 g/mol. The number of rotatable bonds is 3. The third-order valence-electron chi connectivity index (χ3n) is 7.59. The topological polar surface area (TPSA) is 0 Å². The first-order chi connectivity index (χ1) is 13.4. The average molecular weight is 369 g/mol. The highest BCUT2D eigenvalue weighted by atomic mass is 14.4. The van der Waals surface area contributed by atoms with Gasteiger partial charge in [0.1, 0.15) is 0 Å². The Morgan fingerprint density at radius 1 is 0.679 bits per heavy atom. The molecule has 3 aliphatic carbocycles. The molecule has 0 saturated heterocycles. The number of fused-ring (bicyclic) bond motifs is 3. The normalized spacial score (nSPS) is 20.9. The highest BCUT2D eigenvalue weighted by molar-refractivity contribution is 5.78. The van der Waals surface area contributed by atoms with Crippen LogP contribution >= 0.6 is 0 Å². The van der Waals surface area contributed by atoms with E-state index in [0.717, 1.165) is 25.7 Å². The number of hydrogen-bond donors (Lipinski definition) is 0. The van der Waals surface area contributed by atoms with E-state index in [4.69, 9.17) is 0 Å². The zero-order valence-electron chi connectivity index (χ0n) is 17.9. The quantitative estimate of drug-likeness (QED) is 0.529. The van der Waals surface area contributed by atoms with Gasteiger partial charge in [0.2, 0.25) is 0 Å². The Bertz CT molecular complexity index is 1010. The first kappa shape index (κ1) is 18.0. The fourth-order valence-corrected chi connectivity index (χ4v) is 5.57. The van der Waals surface area contributed by atoms with Crippen molar-refractivity contribution in [2.24, 2.45) is 0 Å². The van der Waals surface area contributed by atoms with Crippen LogP contribution in [-0.2, 0) is 23.7 Å². The minimum atomic E-state index is 0.292. The Labute approximate surface area is 170 Å². The summed E-state index contributed by atoms with van der Waals surface area (Å²) in [7, 11) is 0. The summed E-state index contributed by atoms with van der Waals surface area (Å²) >= 11 is 0. The maximum absolute atomic E-state index is 2.57. The van der Waals surface area contributed by atoms with Crippen LogP contribution in [0.25, 0.3) is 11.1 Å². The van der Waals surface area contributed by atoms with Crippen LogP contribution in [0.3, 0.4) is 0 Å². The molecular weight excluding hydrogens is 336 g/mol. The van der Waals surface area contributed by atoms with E-state index in [1.54, 1.807) is 27.8 Å². The third-order valence-corrected chi connectivity index (χ3v) is 7.59. The smallest absolute Gasteiger partial charge is 0.00853 e. The molecule has 0 amide bonds. The van der Waals surface area contributed by atoms with Gasteiger partial charge in [-0.1, -0.05) is 76.2 Å². The van der Waals surface area contributed by atoms with E-state index in [1.807, 2.05) is 0 Å². The highest BCUT2D eigenvalue weighted by Crippen LogP contribution is 2.48. The zero-order valence-corrected chi connectivity index (χ0v) is 17.9. The van der Waals surface area contributed by atoms with Gasteiger partial charge in [-0.2, -0.15) is 0 Å². The van der Waals surface area contributed by atoms with E-state index in [1.165, 1.54) is 29.5 Å². The Balaban J connectivity index is 1.43. The van der Waals surface area contributed by atoms with Gasteiger partial charge in [0.25, 0.3) is 0 Å². The molecule has 0 aliphatic heterocycles. The van der Waals surface area contributed by atoms with Crippen molar-refractivity contribution in [1.82, 2.24) is 0 Å². The van der Waals surface area contributed by atoms with E-state index in [-0.39, 0.29) is 0 Å². The molecule has 0 nitrogen and oxygen atoms in total.